The first-order valence-electron chi connectivity index (χ1n) is 7.76. The second-order valence-corrected chi connectivity index (χ2v) is 7.94. The van der Waals surface area contributed by atoms with Crippen LogP contribution in [-0.2, 0) is 9.36 Å². The van der Waals surface area contributed by atoms with Crippen molar-refractivity contribution in [2.24, 2.45) is 0 Å². The minimum Gasteiger partial charge on any atom is -0.481 e. The van der Waals surface area contributed by atoms with Gasteiger partial charge in [0.25, 0.3) is 0 Å². The molecule has 1 unspecified atom stereocenters. The molecule has 0 amide bonds. The molecule has 132 valence electrons. The highest BCUT2D eigenvalue weighted by atomic mass is 31.2. The van der Waals surface area contributed by atoms with Crippen LogP contribution < -0.4 is 0 Å². The Morgan fingerprint density at radius 3 is 1.87 bits per heavy atom. The van der Waals surface area contributed by atoms with Crippen LogP contribution >= 0.6 is 7.60 Å². The quantitative estimate of drug-likeness (QED) is 0.403. The minimum atomic E-state index is -4.61. The molecule has 0 aromatic heterocycles. The molecule has 0 radical (unpaired) electrons. The van der Waals surface area contributed by atoms with Crippen molar-refractivity contribution in [3.05, 3.63) is 34.9 Å². The van der Waals surface area contributed by atoms with Crippen molar-refractivity contribution in [1.82, 2.24) is 0 Å². The highest BCUT2D eigenvalue weighted by Crippen LogP contribution is 2.43. The summed E-state index contributed by atoms with van der Waals surface area (Å²) in [6.45, 7) is 8.10. The smallest absolute Gasteiger partial charge is 0.340 e. The molecule has 0 fully saturated rings. The lowest BCUT2D eigenvalue weighted by atomic mass is 10.1. The van der Waals surface area contributed by atoms with Gasteiger partial charge in [-0.1, -0.05) is 34.9 Å². The van der Waals surface area contributed by atoms with Crippen LogP contribution in [0.2, 0.25) is 0 Å². The molecule has 0 aliphatic heterocycles. The van der Waals surface area contributed by atoms with E-state index in [1.807, 2.05) is 6.92 Å². The van der Waals surface area contributed by atoms with Crippen LogP contribution in [0.3, 0.4) is 0 Å². The van der Waals surface area contributed by atoms with Crippen LogP contribution in [0, 0.1) is 0 Å². The van der Waals surface area contributed by atoms with E-state index in [1.54, 1.807) is 6.08 Å². The number of hydrogen-bond donors (Lipinski definition) is 3. The topological polar surface area (TPSA) is 94.8 Å². The predicted molar refractivity (Wildman–Crippen MR) is 93.5 cm³/mol. The fourth-order valence-corrected chi connectivity index (χ4v) is 2.70. The molecule has 6 heteroatoms. The first kappa shape index (κ1) is 21.8. The second kappa shape index (κ2) is 10.6. The summed E-state index contributed by atoms with van der Waals surface area (Å²) in [5, 5.41) is 8.86. The highest BCUT2D eigenvalue weighted by Gasteiger charge is 2.34. The average Bonchev–Trinajstić information content (AvgIpc) is 2.36. The Hall–Kier alpha value is -1.16. The normalized spacial score (nSPS) is 14.5. The van der Waals surface area contributed by atoms with Crippen molar-refractivity contribution in [3.63, 3.8) is 0 Å². The monoisotopic (exact) mass is 344 g/mol. The van der Waals surface area contributed by atoms with Gasteiger partial charge in [-0.15, -0.1) is 0 Å². The van der Waals surface area contributed by atoms with Gasteiger partial charge in [0.05, 0.1) is 0 Å². The molecule has 0 spiro atoms. The molecular weight excluding hydrogens is 315 g/mol. The summed E-state index contributed by atoms with van der Waals surface area (Å²) in [6, 6.07) is 0. The Morgan fingerprint density at radius 2 is 1.43 bits per heavy atom. The zero-order valence-electron chi connectivity index (χ0n) is 14.5. The summed E-state index contributed by atoms with van der Waals surface area (Å²) in [5.41, 5.74) is 1.92. The number of carboxylic acids is 1. The van der Waals surface area contributed by atoms with Crippen LogP contribution in [-0.4, -0.2) is 26.5 Å². The van der Waals surface area contributed by atoms with Crippen LogP contribution in [0.25, 0.3) is 0 Å². The van der Waals surface area contributed by atoms with Gasteiger partial charge in [-0.25, -0.2) is 0 Å². The molecule has 0 aliphatic rings. The number of rotatable bonds is 10. The van der Waals surface area contributed by atoms with E-state index in [2.05, 4.69) is 32.9 Å². The summed E-state index contributed by atoms with van der Waals surface area (Å²) < 4.78 is 11.1. The van der Waals surface area contributed by atoms with E-state index in [0.29, 0.717) is 0 Å². The highest BCUT2D eigenvalue weighted by molar-refractivity contribution is 7.53. The summed E-state index contributed by atoms with van der Waals surface area (Å²) in [6.07, 6.45) is 9.49. The van der Waals surface area contributed by atoms with Gasteiger partial charge in [-0.2, -0.15) is 0 Å². The van der Waals surface area contributed by atoms with E-state index in [0.717, 1.165) is 31.3 Å². The van der Waals surface area contributed by atoms with Crippen molar-refractivity contribution in [1.29, 1.82) is 0 Å². The predicted octanol–water partition coefficient (Wildman–Crippen LogP) is 4.43. The summed E-state index contributed by atoms with van der Waals surface area (Å²) in [7, 11) is -4.61. The Labute approximate surface area is 139 Å². The first-order valence-corrected chi connectivity index (χ1v) is 9.44. The Balaban J connectivity index is 4.38. The van der Waals surface area contributed by atoms with Gasteiger partial charge >= 0.3 is 13.6 Å². The van der Waals surface area contributed by atoms with Crippen molar-refractivity contribution < 1.29 is 24.3 Å². The molecule has 0 saturated heterocycles. The summed E-state index contributed by atoms with van der Waals surface area (Å²) in [5.74, 6) is -1.46. The molecule has 0 rings (SSSR count). The maximum absolute atomic E-state index is 11.1. The molecule has 3 N–H and O–H groups in total. The van der Waals surface area contributed by atoms with Crippen molar-refractivity contribution in [2.45, 2.75) is 65.5 Å². The first-order chi connectivity index (χ1) is 10.5. The zero-order chi connectivity index (χ0) is 18.0. The molecule has 0 heterocycles. The van der Waals surface area contributed by atoms with E-state index in [4.69, 9.17) is 14.9 Å². The maximum atomic E-state index is 11.1. The fraction of sp³-hybridized carbons (Fsp3) is 0.588. The van der Waals surface area contributed by atoms with E-state index < -0.39 is 19.2 Å². The number of aliphatic carboxylic acids is 1. The molecule has 1 atom stereocenters. The summed E-state index contributed by atoms with van der Waals surface area (Å²) >= 11 is 0. The van der Waals surface area contributed by atoms with Gasteiger partial charge in [-0.3, -0.25) is 9.36 Å². The lowest BCUT2D eigenvalue weighted by Gasteiger charge is -2.12. The Bertz CT molecular complexity index is 521. The lowest BCUT2D eigenvalue weighted by molar-refractivity contribution is -0.136. The van der Waals surface area contributed by atoms with Crippen molar-refractivity contribution >= 4 is 13.6 Å². The van der Waals surface area contributed by atoms with Gasteiger partial charge in [0.2, 0.25) is 0 Å². The zero-order valence-corrected chi connectivity index (χ0v) is 15.3. The van der Waals surface area contributed by atoms with E-state index in [1.165, 1.54) is 11.1 Å². The fourth-order valence-electron chi connectivity index (χ4n) is 2.03. The third kappa shape index (κ3) is 11.1. The third-order valence-electron chi connectivity index (χ3n) is 3.50. The number of hydrogen-bond acceptors (Lipinski definition) is 2. The average molecular weight is 344 g/mol. The summed E-state index contributed by atoms with van der Waals surface area (Å²) in [4.78, 5) is 28.9. The molecular formula is C17H29O5P. The van der Waals surface area contributed by atoms with Gasteiger partial charge in [0.15, 0.2) is 5.66 Å². The molecule has 0 aromatic rings. The third-order valence-corrected chi connectivity index (χ3v) is 4.75. The van der Waals surface area contributed by atoms with E-state index >= 15 is 0 Å². The molecule has 0 aromatic carbocycles. The second-order valence-electron chi connectivity index (χ2n) is 6.14. The van der Waals surface area contributed by atoms with Gasteiger partial charge in [0, 0.05) is 0 Å². The van der Waals surface area contributed by atoms with Crippen LogP contribution in [0.4, 0.5) is 0 Å². The van der Waals surface area contributed by atoms with E-state index in [-0.39, 0.29) is 6.42 Å². The molecule has 23 heavy (non-hydrogen) atoms. The number of allylic oxidation sites excluding steroid dienone is 6. The molecule has 0 bridgehead atoms. The van der Waals surface area contributed by atoms with Crippen LogP contribution in [0.5, 0.6) is 0 Å². The van der Waals surface area contributed by atoms with Gasteiger partial charge < -0.3 is 14.9 Å². The Kier molecular flexibility index (Phi) is 10.1. The van der Waals surface area contributed by atoms with Gasteiger partial charge in [0.1, 0.15) is 0 Å². The lowest BCUT2D eigenvalue weighted by Crippen LogP contribution is -2.19. The van der Waals surface area contributed by atoms with Gasteiger partial charge in [-0.05, 0) is 59.8 Å². The molecule has 5 nitrogen and oxygen atoms in total. The van der Waals surface area contributed by atoms with Crippen LogP contribution in [0.15, 0.2) is 34.9 Å². The van der Waals surface area contributed by atoms with Crippen molar-refractivity contribution in [3.8, 4) is 0 Å². The number of carboxylic acid groups (broad SMARTS) is 1. The van der Waals surface area contributed by atoms with Crippen molar-refractivity contribution in [2.75, 3.05) is 0 Å². The standard InChI is InChI=1S/C17H29O5P/c1-13(2)7-5-8-14(3)9-6-10-15(4)11-12-16(17(18)19)23(20,21)22/h7,9,11,16H,5-6,8,10,12H2,1-4H3,(H,18,19)(H2,20,21,22)/b14-9+,15-11+. The molecule has 0 saturated carbocycles. The van der Waals surface area contributed by atoms with Crippen LogP contribution in [0.1, 0.15) is 59.8 Å². The Morgan fingerprint density at radius 1 is 0.957 bits per heavy atom. The SMILES string of the molecule is CC(C)=CCC/C(C)=C/CC/C(C)=C/CC(C(=O)O)P(=O)(O)O. The molecule has 0 aliphatic carbocycles. The minimum absolute atomic E-state index is 0.144. The van der Waals surface area contributed by atoms with E-state index in [9.17, 15) is 9.36 Å². The largest absolute Gasteiger partial charge is 0.481 e. The number of carbonyl (C=O) groups is 1. The maximum Gasteiger partial charge on any atom is 0.340 e.